The first-order chi connectivity index (χ1) is 3.85. The van der Waals surface area contributed by atoms with Crippen LogP contribution in [-0.4, -0.2) is 36.3 Å². The van der Waals surface area contributed by atoms with Gasteiger partial charge in [0, 0.05) is 25.3 Å². The highest BCUT2D eigenvalue weighted by molar-refractivity contribution is 6.41. The number of nitrogens with two attached hydrogens (primary N) is 1. The highest BCUT2D eigenvalue weighted by Gasteiger charge is 2.26. The van der Waals surface area contributed by atoms with E-state index in [2.05, 4.69) is 20.5 Å². The van der Waals surface area contributed by atoms with Crippen molar-refractivity contribution in [2.45, 2.75) is 11.7 Å². The number of hydrogen-bond acceptors (Lipinski definition) is 2. The summed E-state index contributed by atoms with van der Waals surface area (Å²) < 4.78 is 0. The fraction of sp³-hybridized carbons (Fsp3) is 0.750. The van der Waals surface area contributed by atoms with Gasteiger partial charge in [0.1, 0.15) is 0 Å². The molecule has 0 rings (SSSR count). The van der Waals surface area contributed by atoms with Crippen LogP contribution in [0.5, 0.6) is 0 Å². The van der Waals surface area contributed by atoms with Crippen LogP contribution in [-0.2, 0) is 4.79 Å². The average Bonchev–Trinajstić information content (AvgIpc) is 1.62. The number of rotatable bonds is 2. The zero-order chi connectivity index (χ0) is 7.65. The minimum atomic E-state index is -1.01. The van der Waals surface area contributed by atoms with Gasteiger partial charge in [-0.3, -0.25) is 4.79 Å². The summed E-state index contributed by atoms with van der Waals surface area (Å²) in [4.78, 5) is 9.20. The first kappa shape index (κ1) is 8.86. The Labute approximate surface area is 60.5 Å². The SMILES string of the molecule is CC(C(=O)O)C(N)([Si])[Si]. The highest BCUT2D eigenvalue weighted by atomic mass is 28.2. The summed E-state index contributed by atoms with van der Waals surface area (Å²) in [5.41, 5.74) is 5.33. The van der Waals surface area contributed by atoms with Crippen molar-refractivity contribution in [3.8, 4) is 0 Å². The molecule has 0 saturated heterocycles. The maximum atomic E-state index is 10.2. The molecule has 48 valence electrons. The van der Waals surface area contributed by atoms with Crippen LogP contribution >= 0.6 is 0 Å². The molecule has 0 aliphatic heterocycles. The quantitative estimate of drug-likeness (QED) is 0.488. The van der Waals surface area contributed by atoms with E-state index in [1.807, 2.05) is 0 Å². The normalized spacial score (nSPS) is 15.1. The van der Waals surface area contributed by atoms with Gasteiger partial charge in [0.15, 0.2) is 0 Å². The molecule has 9 heavy (non-hydrogen) atoms. The minimum Gasteiger partial charge on any atom is -0.481 e. The van der Waals surface area contributed by atoms with Gasteiger partial charge in [-0.2, -0.15) is 0 Å². The first-order valence-corrected chi connectivity index (χ1v) is 3.37. The summed E-state index contributed by atoms with van der Waals surface area (Å²) in [5.74, 6) is -1.60. The number of carbonyl (C=O) groups is 1. The molecule has 3 nitrogen and oxygen atoms in total. The van der Waals surface area contributed by atoms with Crippen LogP contribution in [0.15, 0.2) is 0 Å². The predicted molar refractivity (Wildman–Crippen MR) is 35.2 cm³/mol. The number of aliphatic carboxylic acids is 1. The molecule has 1 unspecified atom stereocenters. The van der Waals surface area contributed by atoms with Crippen molar-refractivity contribution in [1.29, 1.82) is 0 Å². The Kier molecular flexibility index (Phi) is 2.59. The monoisotopic (exact) mass is 157 g/mol. The van der Waals surface area contributed by atoms with Crippen molar-refractivity contribution in [3.63, 3.8) is 0 Å². The van der Waals surface area contributed by atoms with E-state index in [1.54, 1.807) is 0 Å². The molecule has 0 aromatic carbocycles. The van der Waals surface area contributed by atoms with Crippen LogP contribution in [0, 0.1) is 5.92 Å². The third kappa shape index (κ3) is 2.78. The van der Waals surface area contributed by atoms with E-state index in [9.17, 15) is 4.79 Å². The Morgan fingerprint density at radius 3 is 2.11 bits per heavy atom. The summed E-state index contributed by atoms with van der Waals surface area (Å²) in [6.45, 7) is 1.50. The molecule has 0 amide bonds. The standard InChI is InChI=1S/C4H7NO2Si2/c1-2(3(6)7)4(5,8)9/h2H,5H2,1H3,(H,6,7). The molecule has 6 radical (unpaired) electrons. The van der Waals surface area contributed by atoms with E-state index in [4.69, 9.17) is 10.8 Å². The van der Waals surface area contributed by atoms with Crippen molar-refractivity contribution >= 4 is 26.5 Å². The minimum absolute atomic E-state index is 0.661. The molecule has 0 aromatic heterocycles. The molecule has 0 heterocycles. The number of carboxylic acids is 1. The third-order valence-electron chi connectivity index (χ3n) is 1.05. The van der Waals surface area contributed by atoms with E-state index in [0.29, 0.717) is 0 Å². The van der Waals surface area contributed by atoms with E-state index in [1.165, 1.54) is 6.92 Å². The van der Waals surface area contributed by atoms with Gasteiger partial charge < -0.3 is 10.8 Å². The Balaban J connectivity index is 4.04. The second-order valence-corrected chi connectivity index (χ2v) is 4.08. The van der Waals surface area contributed by atoms with Gasteiger partial charge in [0.25, 0.3) is 0 Å². The van der Waals surface area contributed by atoms with E-state index < -0.39 is 16.7 Å². The maximum absolute atomic E-state index is 10.2. The first-order valence-electron chi connectivity index (χ1n) is 2.37. The van der Waals surface area contributed by atoms with Crippen LogP contribution in [0.1, 0.15) is 6.92 Å². The molecule has 0 spiro atoms. The van der Waals surface area contributed by atoms with Crippen molar-refractivity contribution < 1.29 is 9.90 Å². The largest absolute Gasteiger partial charge is 0.481 e. The van der Waals surface area contributed by atoms with Crippen molar-refractivity contribution in [3.05, 3.63) is 0 Å². The Hall–Kier alpha value is -0.136. The van der Waals surface area contributed by atoms with Crippen LogP contribution < -0.4 is 5.73 Å². The molecule has 0 saturated carbocycles. The van der Waals surface area contributed by atoms with Gasteiger partial charge in [-0.1, -0.05) is 6.92 Å². The van der Waals surface area contributed by atoms with Crippen molar-refractivity contribution in [2.24, 2.45) is 11.7 Å². The topological polar surface area (TPSA) is 63.3 Å². The molecular formula is C4H7NO2Si2. The molecule has 0 fully saturated rings. The fourth-order valence-electron chi connectivity index (χ4n) is 0.195. The second-order valence-electron chi connectivity index (χ2n) is 1.93. The second kappa shape index (κ2) is 2.63. The van der Waals surface area contributed by atoms with Crippen LogP contribution in [0.4, 0.5) is 0 Å². The predicted octanol–water partition coefficient (Wildman–Crippen LogP) is -1.34. The summed E-state index contributed by atoms with van der Waals surface area (Å²) in [6, 6.07) is 0. The number of carboxylic acid groups (broad SMARTS) is 1. The van der Waals surface area contributed by atoms with Crippen LogP contribution in [0.25, 0.3) is 0 Å². The zero-order valence-electron chi connectivity index (χ0n) is 5.01. The third-order valence-corrected chi connectivity index (χ3v) is 1.92. The maximum Gasteiger partial charge on any atom is 0.307 e. The summed E-state index contributed by atoms with van der Waals surface area (Å²) in [7, 11) is 6.01. The van der Waals surface area contributed by atoms with E-state index in [-0.39, 0.29) is 0 Å². The molecular weight excluding hydrogens is 150 g/mol. The lowest BCUT2D eigenvalue weighted by Gasteiger charge is -2.22. The summed E-state index contributed by atoms with van der Waals surface area (Å²) in [6.07, 6.45) is 0. The van der Waals surface area contributed by atoms with Crippen molar-refractivity contribution in [1.82, 2.24) is 0 Å². The highest BCUT2D eigenvalue weighted by Crippen LogP contribution is 2.05. The van der Waals surface area contributed by atoms with E-state index in [0.717, 1.165) is 0 Å². The summed E-state index contributed by atoms with van der Waals surface area (Å²) >= 11 is 0. The van der Waals surface area contributed by atoms with Gasteiger partial charge in [0.2, 0.25) is 0 Å². The zero-order valence-corrected chi connectivity index (χ0v) is 7.01. The van der Waals surface area contributed by atoms with Crippen molar-refractivity contribution in [2.75, 3.05) is 0 Å². The Morgan fingerprint density at radius 2 is 2.11 bits per heavy atom. The molecule has 0 aliphatic carbocycles. The fourth-order valence-corrected chi connectivity index (χ4v) is 0.442. The lowest BCUT2D eigenvalue weighted by atomic mass is 10.2. The molecule has 0 aromatic rings. The lowest BCUT2D eigenvalue weighted by Crippen LogP contribution is -2.50. The Bertz CT molecular complexity index is 120. The van der Waals surface area contributed by atoms with Gasteiger partial charge in [0.05, 0.1) is 5.92 Å². The van der Waals surface area contributed by atoms with Gasteiger partial charge in [-0.15, -0.1) is 0 Å². The lowest BCUT2D eigenvalue weighted by molar-refractivity contribution is -0.141. The van der Waals surface area contributed by atoms with Gasteiger partial charge in [-0.05, 0) is 0 Å². The molecule has 0 aliphatic rings. The van der Waals surface area contributed by atoms with E-state index >= 15 is 0 Å². The molecule has 3 N–H and O–H groups in total. The smallest absolute Gasteiger partial charge is 0.307 e. The average molecular weight is 157 g/mol. The summed E-state index contributed by atoms with van der Waals surface area (Å²) in [5, 5.41) is 8.38. The molecule has 1 atom stereocenters. The van der Waals surface area contributed by atoms with Gasteiger partial charge in [-0.25, -0.2) is 0 Å². The molecule has 0 bridgehead atoms. The van der Waals surface area contributed by atoms with Crippen LogP contribution in [0.2, 0.25) is 0 Å². The Morgan fingerprint density at radius 1 is 1.78 bits per heavy atom. The number of hydrogen-bond donors (Lipinski definition) is 2. The molecule has 5 heteroatoms. The van der Waals surface area contributed by atoms with Gasteiger partial charge >= 0.3 is 5.97 Å². The van der Waals surface area contributed by atoms with Crippen LogP contribution in [0.3, 0.4) is 0 Å².